The van der Waals surface area contributed by atoms with Gasteiger partial charge in [0.25, 0.3) is 0 Å². The summed E-state index contributed by atoms with van der Waals surface area (Å²) in [6.07, 6.45) is 2.65. The van der Waals surface area contributed by atoms with Crippen molar-refractivity contribution in [1.82, 2.24) is 0 Å². The van der Waals surface area contributed by atoms with Gasteiger partial charge in [-0.25, -0.2) is 6.57 Å². The van der Waals surface area contributed by atoms with Gasteiger partial charge in [0.1, 0.15) is 0 Å². The lowest BCUT2D eigenvalue weighted by molar-refractivity contribution is 0.844. The van der Waals surface area contributed by atoms with Crippen molar-refractivity contribution < 1.29 is 0 Å². The van der Waals surface area contributed by atoms with Crippen molar-refractivity contribution in [3.8, 4) is 0 Å². The minimum Gasteiger partial charge on any atom is -0.314 e. The molecule has 0 radical (unpaired) electrons. The first kappa shape index (κ1) is 9.54. The number of benzene rings is 1. The van der Waals surface area contributed by atoms with Crippen molar-refractivity contribution in [3.05, 3.63) is 53.4 Å². The fourth-order valence-corrected chi connectivity index (χ4v) is 1.23. The Morgan fingerprint density at radius 1 is 1.62 bits per heavy atom. The molecule has 0 amide bonds. The van der Waals surface area contributed by atoms with E-state index in [1.807, 2.05) is 25.1 Å². The van der Waals surface area contributed by atoms with Crippen LogP contribution in [0.2, 0.25) is 0 Å². The summed E-state index contributed by atoms with van der Waals surface area (Å²) in [5.74, 6) is 0. The predicted molar refractivity (Wildman–Crippen MR) is 56.3 cm³/mol. The van der Waals surface area contributed by atoms with Crippen LogP contribution in [0.3, 0.4) is 0 Å². The van der Waals surface area contributed by atoms with E-state index < -0.39 is 0 Å². The molecule has 0 saturated heterocycles. The molecule has 1 nitrogen and oxygen atoms in total. The average Bonchev–Trinajstić information content (AvgIpc) is 2.18. The first-order chi connectivity index (χ1) is 6.26. The van der Waals surface area contributed by atoms with Gasteiger partial charge in [-0.2, -0.15) is 0 Å². The number of hydrogen-bond donors (Lipinski definition) is 0. The zero-order valence-electron chi connectivity index (χ0n) is 7.83. The lowest BCUT2D eigenvalue weighted by Crippen LogP contribution is -1.99. The van der Waals surface area contributed by atoms with Crippen molar-refractivity contribution in [3.63, 3.8) is 0 Å². The van der Waals surface area contributed by atoms with Gasteiger partial charge in [0.05, 0.1) is 0 Å². The first-order valence-corrected chi connectivity index (χ1v) is 4.34. The predicted octanol–water partition coefficient (Wildman–Crippen LogP) is 3.18. The Bertz CT molecular complexity index is 333. The van der Waals surface area contributed by atoms with Gasteiger partial charge >= 0.3 is 0 Å². The Kier molecular flexibility index (Phi) is 3.28. The molecule has 0 spiro atoms. The summed E-state index contributed by atoms with van der Waals surface area (Å²) in [4.78, 5) is 3.46. The molecule has 1 heteroatoms. The highest BCUT2D eigenvalue weighted by Crippen LogP contribution is 2.09. The summed E-state index contributed by atoms with van der Waals surface area (Å²) in [5, 5.41) is 0. The molecular weight excluding hydrogens is 158 g/mol. The van der Waals surface area contributed by atoms with Crippen LogP contribution < -0.4 is 0 Å². The van der Waals surface area contributed by atoms with Gasteiger partial charge in [-0.1, -0.05) is 36.9 Å². The normalized spacial score (nSPS) is 11.7. The fraction of sp³-hybridized carbons (Fsp3) is 0.250. The Labute approximate surface area is 79.5 Å². The molecule has 0 bridgehead atoms. The van der Waals surface area contributed by atoms with Crippen LogP contribution in [0.15, 0.2) is 30.8 Å². The van der Waals surface area contributed by atoms with Crippen LogP contribution in [0.1, 0.15) is 18.1 Å². The summed E-state index contributed by atoms with van der Waals surface area (Å²) < 4.78 is 0. The van der Waals surface area contributed by atoms with E-state index in [-0.39, 0.29) is 6.04 Å². The maximum absolute atomic E-state index is 6.86. The third-order valence-corrected chi connectivity index (χ3v) is 1.94. The van der Waals surface area contributed by atoms with Gasteiger partial charge in [-0.3, -0.25) is 0 Å². The summed E-state index contributed by atoms with van der Waals surface area (Å²) in [7, 11) is 0. The second-order valence-corrected chi connectivity index (χ2v) is 3.13. The molecule has 66 valence electrons. The minimum absolute atomic E-state index is 0.0695. The van der Waals surface area contributed by atoms with Gasteiger partial charge in [0.2, 0.25) is 6.04 Å². The molecule has 1 atom stereocenters. The quantitative estimate of drug-likeness (QED) is 0.615. The fourth-order valence-electron chi connectivity index (χ4n) is 1.23. The van der Waals surface area contributed by atoms with Crippen LogP contribution in [0.25, 0.3) is 10.9 Å². The molecule has 0 aliphatic rings. The monoisotopic (exact) mass is 171 g/mol. The first-order valence-electron chi connectivity index (χ1n) is 4.34. The van der Waals surface area contributed by atoms with Crippen molar-refractivity contribution in [2.24, 2.45) is 0 Å². The molecule has 0 saturated carbocycles. The Morgan fingerprint density at radius 2 is 2.38 bits per heavy atom. The largest absolute Gasteiger partial charge is 0.314 e. The van der Waals surface area contributed by atoms with Crippen LogP contribution in [0.4, 0.5) is 0 Å². The highest BCUT2D eigenvalue weighted by molar-refractivity contribution is 5.48. The molecular formula is C12H13N. The average molecular weight is 171 g/mol. The third-order valence-electron chi connectivity index (χ3n) is 1.94. The molecule has 1 aromatic rings. The Hall–Kier alpha value is -1.55. The zero-order chi connectivity index (χ0) is 9.68. The van der Waals surface area contributed by atoms with Crippen LogP contribution in [-0.4, -0.2) is 6.04 Å². The van der Waals surface area contributed by atoms with Gasteiger partial charge in [-0.05, 0) is 11.1 Å². The highest BCUT2D eigenvalue weighted by Gasteiger charge is 2.05. The van der Waals surface area contributed by atoms with Gasteiger partial charge < -0.3 is 4.85 Å². The molecule has 1 rings (SSSR count). The second kappa shape index (κ2) is 4.47. The molecule has 0 aromatic heterocycles. The minimum atomic E-state index is 0.0695. The topological polar surface area (TPSA) is 4.36 Å². The second-order valence-electron chi connectivity index (χ2n) is 3.13. The standard InChI is InChI=1S/C12H13N/c1-4-11-6-5-7-12(9-11)8-10(2)13-3/h4-7,9-10H,1,8H2,2H3. The summed E-state index contributed by atoms with van der Waals surface area (Å²) in [6.45, 7) is 12.5. The smallest absolute Gasteiger partial charge is 0.225 e. The van der Waals surface area contributed by atoms with E-state index in [0.717, 1.165) is 12.0 Å². The van der Waals surface area contributed by atoms with E-state index in [4.69, 9.17) is 6.57 Å². The van der Waals surface area contributed by atoms with Crippen LogP contribution in [0, 0.1) is 6.57 Å². The van der Waals surface area contributed by atoms with Gasteiger partial charge in [0.15, 0.2) is 0 Å². The van der Waals surface area contributed by atoms with E-state index in [1.54, 1.807) is 0 Å². The van der Waals surface area contributed by atoms with Crippen LogP contribution in [-0.2, 0) is 6.42 Å². The molecule has 0 fully saturated rings. The number of nitrogens with zero attached hydrogens (tertiary/aromatic N) is 1. The molecule has 13 heavy (non-hydrogen) atoms. The lowest BCUT2D eigenvalue weighted by atomic mass is 10.0. The summed E-state index contributed by atoms with van der Waals surface area (Å²) in [5.41, 5.74) is 2.33. The van der Waals surface area contributed by atoms with Crippen LogP contribution in [0.5, 0.6) is 0 Å². The van der Waals surface area contributed by atoms with Gasteiger partial charge in [0, 0.05) is 13.3 Å². The van der Waals surface area contributed by atoms with Crippen molar-refractivity contribution in [2.75, 3.05) is 0 Å². The molecule has 0 aliphatic carbocycles. The van der Waals surface area contributed by atoms with Crippen molar-refractivity contribution in [2.45, 2.75) is 19.4 Å². The lowest BCUT2D eigenvalue weighted by Gasteiger charge is -2.01. The van der Waals surface area contributed by atoms with E-state index in [0.29, 0.717) is 0 Å². The molecule has 1 aromatic carbocycles. The maximum atomic E-state index is 6.86. The van der Waals surface area contributed by atoms with Crippen molar-refractivity contribution >= 4 is 6.08 Å². The number of rotatable bonds is 3. The van der Waals surface area contributed by atoms with Gasteiger partial charge in [-0.15, -0.1) is 0 Å². The van der Waals surface area contributed by atoms with E-state index in [9.17, 15) is 0 Å². The van der Waals surface area contributed by atoms with E-state index in [1.165, 1.54) is 5.56 Å². The highest BCUT2D eigenvalue weighted by atomic mass is 14.7. The van der Waals surface area contributed by atoms with Crippen LogP contribution >= 0.6 is 0 Å². The molecule has 0 heterocycles. The Morgan fingerprint density at radius 3 is 3.00 bits per heavy atom. The molecule has 0 N–H and O–H groups in total. The Balaban J connectivity index is 2.78. The van der Waals surface area contributed by atoms with Crippen molar-refractivity contribution in [1.29, 1.82) is 0 Å². The number of hydrogen-bond acceptors (Lipinski definition) is 0. The summed E-state index contributed by atoms with van der Waals surface area (Å²) >= 11 is 0. The zero-order valence-corrected chi connectivity index (χ0v) is 7.83. The molecule has 0 aliphatic heterocycles. The van der Waals surface area contributed by atoms with E-state index >= 15 is 0 Å². The summed E-state index contributed by atoms with van der Waals surface area (Å²) in [6, 6.07) is 8.21. The van der Waals surface area contributed by atoms with E-state index in [2.05, 4.69) is 23.6 Å². The third kappa shape index (κ3) is 2.76. The maximum Gasteiger partial charge on any atom is 0.225 e. The SMILES string of the molecule is [C-]#[N+]C(C)Cc1cccc(C=C)c1. The molecule has 1 unspecified atom stereocenters.